The summed E-state index contributed by atoms with van der Waals surface area (Å²) in [4.78, 5) is 26.0. The number of carbonyl (C=O) groups is 2. The van der Waals surface area contributed by atoms with E-state index in [2.05, 4.69) is 15.5 Å². The van der Waals surface area contributed by atoms with Crippen molar-refractivity contribution in [3.8, 4) is 0 Å². The summed E-state index contributed by atoms with van der Waals surface area (Å²) in [5.74, 6) is 3.30. The van der Waals surface area contributed by atoms with Gasteiger partial charge in [0.15, 0.2) is 0 Å². The maximum atomic E-state index is 12.3. The first-order chi connectivity index (χ1) is 13.5. The molecule has 2 aromatic rings. The zero-order valence-electron chi connectivity index (χ0n) is 16.8. The van der Waals surface area contributed by atoms with Gasteiger partial charge in [0.2, 0.25) is 5.91 Å². The summed E-state index contributed by atoms with van der Waals surface area (Å²) in [5, 5.41) is 5.72. The van der Waals surface area contributed by atoms with Crippen LogP contribution in [0.25, 0.3) is 0 Å². The maximum absolute atomic E-state index is 12.3. The number of rotatable bonds is 11. The molecular formula is C21H29N3O3S. The van der Waals surface area contributed by atoms with Gasteiger partial charge in [-0.2, -0.15) is 11.8 Å². The topological polar surface area (TPSA) is 74.6 Å². The van der Waals surface area contributed by atoms with Gasteiger partial charge >= 0.3 is 0 Å². The number of thioether (sulfide) groups is 1. The van der Waals surface area contributed by atoms with Crippen LogP contribution in [0.3, 0.4) is 0 Å². The molecule has 2 rings (SSSR count). The van der Waals surface area contributed by atoms with Crippen LogP contribution in [0.5, 0.6) is 0 Å². The highest BCUT2D eigenvalue weighted by Crippen LogP contribution is 2.16. The van der Waals surface area contributed by atoms with Gasteiger partial charge in [-0.1, -0.05) is 13.0 Å². The van der Waals surface area contributed by atoms with Crippen molar-refractivity contribution >= 4 is 29.3 Å². The number of anilines is 1. The molecule has 0 saturated heterocycles. The highest BCUT2D eigenvalue weighted by molar-refractivity contribution is 7.98. The molecule has 0 radical (unpaired) electrons. The van der Waals surface area contributed by atoms with Crippen LogP contribution in [0.1, 0.15) is 41.6 Å². The fourth-order valence-corrected chi connectivity index (χ4v) is 3.34. The van der Waals surface area contributed by atoms with Gasteiger partial charge < -0.3 is 20.0 Å². The maximum Gasteiger partial charge on any atom is 0.251 e. The predicted octanol–water partition coefficient (Wildman–Crippen LogP) is 3.74. The lowest BCUT2D eigenvalue weighted by atomic mass is 10.2. The van der Waals surface area contributed by atoms with E-state index in [1.807, 2.05) is 33.2 Å². The Kier molecular flexibility index (Phi) is 9.10. The quantitative estimate of drug-likeness (QED) is 0.559. The summed E-state index contributed by atoms with van der Waals surface area (Å²) in [5.41, 5.74) is 1.19. The van der Waals surface area contributed by atoms with Crippen molar-refractivity contribution in [1.29, 1.82) is 0 Å². The number of hydrogen-bond acceptors (Lipinski definition) is 5. The second-order valence-electron chi connectivity index (χ2n) is 6.79. The van der Waals surface area contributed by atoms with E-state index >= 15 is 0 Å². The fraction of sp³-hybridized carbons (Fsp3) is 0.429. The summed E-state index contributed by atoms with van der Waals surface area (Å²) in [7, 11) is 4.02. The third-order valence-corrected chi connectivity index (χ3v) is 4.83. The normalized spacial score (nSPS) is 10.9. The molecule has 1 heterocycles. The lowest BCUT2D eigenvalue weighted by Gasteiger charge is -2.08. The minimum Gasteiger partial charge on any atom is -0.464 e. The Balaban J connectivity index is 1.71. The van der Waals surface area contributed by atoms with Gasteiger partial charge in [-0.05, 0) is 50.8 Å². The number of amides is 2. The molecule has 0 unspecified atom stereocenters. The first kappa shape index (κ1) is 22.0. The van der Waals surface area contributed by atoms with E-state index in [1.54, 1.807) is 36.0 Å². The predicted molar refractivity (Wildman–Crippen MR) is 115 cm³/mol. The summed E-state index contributed by atoms with van der Waals surface area (Å²) in [6, 6.07) is 11.0. The van der Waals surface area contributed by atoms with E-state index in [-0.39, 0.29) is 11.8 Å². The Hall–Kier alpha value is -2.25. The Morgan fingerprint density at radius 2 is 1.93 bits per heavy atom. The number of benzene rings is 1. The minimum atomic E-state index is -0.140. The molecule has 28 heavy (non-hydrogen) atoms. The Labute approximate surface area is 171 Å². The van der Waals surface area contributed by atoms with Crippen LogP contribution in [0.15, 0.2) is 40.8 Å². The molecule has 0 bridgehead atoms. The fourth-order valence-electron chi connectivity index (χ4n) is 2.60. The summed E-state index contributed by atoms with van der Waals surface area (Å²) in [6.07, 6.45) is 1.26. The molecule has 152 valence electrons. The van der Waals surface area contributed by atoms with Crippen molar-refractivity contribution in [3.63, 3.8) is 0 Å². The van der Waals surface area contributed by atoms with Crippen LogP contribution in [0.4, 0.5) is 5.69 Å². The van der Waals surface area contributed by atoms with Crippen LogP contribution in [-0.4, -0.2) is 43.1 Å². The van der Waals surface area contributed by atoms with Gasteiger partial charge in [0.05, 0.1) is 12.3 Å². The third-order valence-electron chi connectivity index (χ3n) is 3.85. The van der Waals surface area contributed by atoms with Crippen molar-refractivity contribution in [2.24, 2.45) is 0 Å². The highest BCUT2D eigenvalue weighted by atomic mass is 32.2. The van der Waals surface area contributed by atoms with Gasteiger partial charge in [0, 0.05) is 30.0 Å². The molecule has 2 amide bonds. The van der Waals surface area contributed by atoms with E-state index in [9.17, 15) is 9.59 Å². The Bertz CT molecular complexity index is 774. The van der Waals surface area contributed by atoms with Crippen LogP contribution in [-0.2, 0) is 17.1 Å². The third kappa shape index (κ3) is 7.78. The van der Waals surface area contributed by atoms with Gasteiger partial charge in [-0.3, -0.25) is 9.59 Å². The van der Waals surface area contributed by atoms with Crippen molar-refractivity contribution in [2.75, 3.05) is 31.7 Å². The van der Waals surface area contributed by atoms with Crippen molar-refractivity contribution in [3.05, 3.63) is 53.5 Å². The molecule has 0 fully saturated rings. The molecule has 2 N–H and O–H groups in total. The lowest BCUT2D eigenvalue weighted by molar-refractivity contribution is -0.116. The average molecular weight is 404 g/mol. The van der Waals surface area contributed by atoms with Crippen LogP contribution >= 0.6 is 11.8 Å². The largest absolute Gasteiger partial charge is 0.464 e. The van der Waals surface area contributed by atoms with Crippen molar-refractivity contribution < 1.29 is 14.0 Å². The van der Waals surface area contributed by atoms with E-state index in [4.69, 9.17) is 4.42 Å². The summed E-state index contributed by atoms with van der Waals surface area (Å²) < 4.78 is 5.77. The van der Waals surface area contributed by atoms with Gasteiger partial charge in [0.1, 0.15) is 11.5 Å². The van der Waals surface area contributed by atoms with E-state index in [1.165, 1.54) is 0 Å². The van der Waals surface area contributed by atoms with Crippen LogP contribution < -0.4 is 10.6 Å². The minimum absolute atomic E-state index is 0.0388. The monoisotopic (exact) mass is 403 g/mol. The number of furan rings is 1. The second-order valence-corrected chi connectivity index (χ2v) is 7.90. The standard InChI is InChI=1S/C21H29N3O3S/c1-4-6-20(25)23-17-8-5-7-16(13-17)21(26)22-11-12-28-15-19-10-9-18(27-19)14-24(2)3/h5,7-10,13H,4,6,11-12,14-15H2,1-3H3,(H,22,26)(H,23,25). The molecule has 6 nitrogen and oxygen atoms in total. The number of nitrogens with one attached hydrogen (secondary N) is 2. The molecule has 0 aliphatic carbocycles. The van der Waals surface area contributed by atoms with Gasteiger partial charge in [-0.15, -0.1) is 0 Å². The zero-order valence-corrected chi connectivity index (χ0v) is 17.6. The number of carbonyl (C=O) groups excluding carboxylic acids is 2. The van der Waals surface area contributed by atoms with Crippen LogP contribution in [0, 0.1) is 0 Å². The molecule has 0 aliphatic rings. The first-order valence-electron chi connectivity index (χ1n) is 9.46. The molecule has 7 heteroatoms. The smallest absolute Gasteiger partial charge is 0.251 e. The molecular weight excluding hydrogens is 374 g/mol. The zero-order chi connectivity index (χ0) is 20.4. The first-order valence-corrected chi connectivity index (χ1v) is 10.6. The van der Waals surface area contributed by atoms with E-state index in [0.29, 0.717) is 24.2 Å². The molecule has 0 atom stereocenters. The Morgan fingerprint density at radius 1 is 1.14 bits per heavy atom. The summed E-state index contributed by atoms with van der Waals surface area (Å²) in [6.45, 7) is 3.32. The molecule has 1 aromatic carbocycles. The molecule has 0 spiro atoms. The SMILES string of the molecule is CCCC(=O)Nc1cccc(C(=O)NCCSCc2ccc(CN(C)C)o2)c1. The Morgan fingerprint density at radius 3 is 2.68 bits per heavy atom. The van der Waals surface area contributed by atoms with Crippen molar-refractivity contribution in [2.45, 2.75) is 32.1 Å². The molecule has 1 aromatic heterocycles. The lowest BCUT2D eigenvalue weighted by Crippen LogP contribution is -2.25. The van der Waals surface area contributed by atoms with Crippen LogP contribution in [0.2, 0.25) is 0 Å². The second kappa shape index (κ2) is 11.6. The highest BCUT2D eigenvalue weighted by Gasteiger charge is 2.08. The average Bonchev–Trinajstić information content (AvgIpc) is 3.08. The molecule has 0 aliphatic heterocycles. The van der Waals surface area contributed by atoms with Gasteiger partial charge in [0.25, 0.3) is 5.91 Å². The number of nitrogens with zero attached hydrogens (tertiary/aromatic N) is 1. The molecule has 0 saturated carbocycles. The van der Waals surface area contributed by atoms with Gasteiger partial charge in [-0.25, -0.2) is 0 Å². The van der Waals surface area contributed by atoms with E-state index in [0.717, 1.165) is 36.0 Å². The summed E-state index contributed by atoms with van der Waals surface area (Å²) >= 11 is 1.71. The number of hydrogen-bond donors (Lipinski definition) is 2. The van der Waals surface area contributed by atoms with Crippen molar-refractivity contribution in [1.82, 2.24) is 10.2 Å². The van der Waals surface area contributed by atoms with E-state index < -0.39 is 0 Å².